The minimum Gasteiger partial charge on any atom is -0.321 e. The molecule has 1 unspecified atom stereocenters. The van der Waals surface area contributed by atoms with Crippen LogP contribution in [0.1, 0.15) is 53.7 Å². The topological polar surface area (TPSA) is 100 Å². The highest BCUT2D eigenvalue weighted by atomic mass is 32.2. The number of fused-ring (bicyclic) bond motifs is 1. The maximum atomic E-state index is 13.4. The molecule has 0 spiro atoms. The van der Waals surface area contributed by atoms with Crippen LogP contribution in [0, 0.1) is 6.92 Å². The number of hydrogen-bond donors (Lipinski definition) is 3. The predicted molar refractivity (Wildman–Crippen MR) is 186 cm³/mol. The lowest BCUT2D eigenvalue weighted by Gasteiger charge is -2.13. The maximum Gasteiger partial charge on any atom is 0.272 e. The monoisotopic (exact) mass is 634 g/mol. The Kier molecular flexibility index (Phi) is 10.1. The van der Waals surface area contributed by atoms with Crippen molar-refractivity contribution >= 4 is 67.9 Å². The van der Waals surface area contributed by atoms with E-state index in [0.29, 0.717) is 22.3 Å². The molecule has 1 atom stereocenters. The molecule has 0 saturated heterocycles. The summed E-state index contributed by atoms with van der Waals surface area (Å²) in [7, 11) is 0. The van der Waals surface area contributed by atoms with E-state index in [4.69, 9.17) is 0 Å². The van der Waals surface area contributed by atoms with Crippen LogP contribution in [0.5, 0.6) is 0 Å². The summed E-state index contributed by atoms with van der Waals surface area (Å²) >= 11 is 2.86. The zero-order valence-corrected chi connectivity index (χ0v) is 27.1. The van der Waals surface area contributed by atoms with Gasteiger partial charge >= 0.3 is 0 Å². The number of anilines is 2. The summed E-state index contributed by atoms with van der Waals surface area (Å²) in [5.41, 5.74) is 5.11. The molecular formula is C36H34N4O3S2. The summed E-state index contributed by atoms with van der Waals surface area (Å²) in [4.78, 5) is 44.6. The molecule has 1 heterocycles. The van der Waals surface area contributed by atoms with Crippen LogP contribution in [0.15, 0.2) is 108 Å². The van der Waals surface area contributed by atoms with Crippen molar-refractivity contribution < 1.29 is 14.4 Å². The molecule has 9 heteroatoms. The molecule has 0 bridgehead atoms. The van der Waals surface area contributed by atoms with E-state index in [9.17, 15) is 14.4 Å². The van der Waals surface area contributed by atoms with E-state index < -0.39 is 5.91 Å². The van der Waals surface area contributed by atoms with Crippen molar-refractivity contribution in [2.24, 2.45) is 0 Å². The van der Waals surface area contributed by atoms with Gasteiger partial charge in [-0.15, -0.1) is 11.8 Å². The third-order valence-electron chi connectivity index (χ3n) is 7.01. The Balaban J connectivity index is 1.24. The lowest BCUT2D eigenvalue weighted by atomic mass is 10.0. The first kappa shape index (κ1) is 31.7. The standard InChI is InChI=1S/C36H34N4O3S2/c1-22(2)26-13-11-25(12-14-26)21-31(38-34(42)27-8-6-5-7-9-27)35(43)37-28-15-17-29(18-16-28)44-24(4)33(41)40-36-39-30-19-10-23(3)20-32(30)45-36/h5-22,24H,1-4H3,(H,37,43)(H,38,42)(H,39,40,41)/b31-21-. The molecule has 5 rings (SSSR count). The highest BCUT2D eigenvalue weighted by Crippen LogP contribution is 2.29. The average molecular weight is 635 g/mol. The van der Waals surface area contributed by atoms with Crippen molar-refractivity contribution in [1.29, 1.82) is 0 Å². The fourth-order valence-corrected chi connectivity index (χ4v) is 6.29. The number of hydrogen-bond acceptors (Lipinski definition) is 6. The SMILES string of the molecule is Cc1ccc2nc(NC(=O)C(C)Sc3ccc(NC(=O)/C(=C/c4ccc(C(C)C)cc4)NC(=O)c4ccccc4)cc3)sc2c1. The number of aryl methyl sites for hydroxylation is 1. The number of benzene rings is 4. The van der Waals surface area contributed by atoms with Crippen molar-refractivity contribution in [3.05, 3.63) is 125 Å². The first-order chi connectivity index (χ1) is 21.6. The Hall–Kier alpha value is -4.73. The Morgan fingerprint density at radius 1 is 0.844 bits per heavy atom. The molecule has 3 N–H and O–H groups in total. The van der Waals surface area contributed by atoms with Gasteiger partial charge in [0.25, 0.3) is 11.8 Å². The van der Waals surface area contributed by atoms with Crippen molar-refractivity contribution in [3.8, 4) is 0 Å². The third kappa shape index (κ3) is 8.47. The lowest BCUT2D eigenvalue weighted by molar-refractivity contribution is -0.115. The van der Waals surface area contributed by atoms with Crippen LogP contribution in [0.3, 0.4) is 0 Å². The summed E-state index contributed by atoms with van der Waals surface area (Å²) in [5, 5.41) is 8.79. The van der Waals surface area contributed by atoms with Crippen molar-refractivity contribution in [2.75, 3.05) is 10.6 Å². The summed E-state index contributed by atoms with van der Waals surface area (Å²) in [6.07, 6.45) is 1.66. The van der Waals surface area contributed by atoms with Crippen LogP contribution in [-0.2, 0) is 9.59 Å². The molecule has 0 fully saturated rings. The van der Waals surface area contributed by atoms with Crippen LogP contribution in [-0.4, -0.2) is 28.0 Å². The second-order valence-electron chi connectivity index (χ2n) is 10.9. The van der Waals surface area contributed by atoms with Crippen LogP contribution >= 0.6 is 23.1 Å². The smallest absolute Gasteiger partial charge is 0.272 e. The molecule has 3 amide bonds. The first-order valence-corrected chi connectivity index (χ1v) is 16.3. The van der Waals surface area contributed by atoms with Gasteiger partial charge in [-0.05, 0) is 91.1 Å². The van der Waals surface area contributed by atoms with Crippen LogP contribution in [0.2, 0.25) is 0 Å². The van der Waals surface area contributed by atoms with E-state index in [2.05, 4.69) is 40.8 Å². The Morgan fingerprint density at radius 3 is 2.24 bits per heavy atom. The zero-order chi connectivity index (χ0) is 31.9. The number of amides is 3. The molecule has 5 aromatic rings. The number of nitrogens with zero attached hydrogens (tertiary/aromatic N) is 1. The lowest BCUT2D eigenvalue weighted by Crippen LogP contribution is -2.30. The van der Waals surface area contributed by atoms with Crippen molar-refractivity contribution in [2.45, 2.75) is 43.8 Å². The molecule has 0 aliphatic heterocycles. The minimum atomic E-state index is -0.452. The molecule has 45 heavy (non-hydrogen) atoms. The van der Waals surface area contributed by atoms with Gasteiger partial charge in [-0.1, -0.05) is 73.7 Å². The largest absolute Gasteiger partial charge is 0.321 e. The fraction of sp³-hybridized carbons (Fsp3) is 0.167. The predicted octanol–water partition coefficient (Wildman–Crippen LogP) is 8.26. The molecule has 0 aliphatic carbocycles. The third-order valence-corrected chi connectivity index (χ3v) is 9.06. The Labute approximate surface area is 271 Å². The Morgan fingerprint density at radius 2 is 1.56 bits per heavy atom. The summed E-state index contributed by atoms with van der Waals surface area (Å²) in [6, 6.07) is 29.9. The van der Waals surface area contributed by atoms with Gasteiger partial charge in [-0.3, -0.25) is 14.4 Å². The molecular weight excluding hydrogens is 601 g/mol. The highest BCUT2D eigenvalue weighted by molar-refractivity contribution is 8.00. The highest BCUT2D eigenvalue weighted by Gasteiger charge is 2.18. The van der Waals surface area contributed by atoms with Crippen molar-refractivity contribution in [1.82, 2.24) is 10.3 Å². The average Bonchev–Trinajstić information content (AvgIpc) is 3.43. The molecule has 0 radical (unpaired) electrons. The van der Waals surface area contributed by atoms with E-state index in [1.807, 2.05) is 68.4 Å². The number of carbonyl (C=O) groups is 3. The summed E-state index contributed by atoms with van der Waals surface area (Å²) < 4.78 is 1.03. The van der Waals surface area contributed by atoms with Gasteiger partial charge in [-0.2, -0.15) is 0 Å². The number of carbonyl (C=O) groups excluding carboxylic acids is 3. The molecule has 0 saturated carbocycles. The number of thiazole rings is 1. The van der Waals surface area contributed by atoms with E-state index in [1.165, 1.54) is 28.7 Å². The number of nitrogens with one attached hydrogen (secondary N) is 3. The molecule has 0 aliphatic rings. The zero-order valence-electron chi connectivity index (χ0n) is 25.5. The quantitative estimate of drug-likeness (QED) is 0.106. The molecule has 7 nitrogen and oxygen atoms in total. The van der Waals surface area contributed by atoms with Crippen LogP contribution in [0.25, 0.3) is 16.3 Å². The van der Waals surface area contributed by atoms with E-state index in [1.54, 1.807) is 42.5 Å². The number of aromatic nitrogens is 1. The minimum absolute atomic E-state index is 0.120. The van der Waals surface area contributed by atoms with E-state index in [-0.39, 0.29) is 22.8 Å². The van der Waals surface area contributed by atoms with Gasteiger partial charge in [0, 0.05) is 16.1 Å². The van der Waals surface area contributed by atoms with Gasteiger partial charge in [0.05, 0.1) is 15.5 Å². The first-order valence-electron chi connectivity index (χ1n) is 14.6. The van der Waals surface area contributed by atoms with Gasteiger partial charge in [0.1, 0.15) is 5.70 Å². The van der Waals surface area contributed by atoms with Crippen LogP contribution in [0.4, 0.5) is 10.8 Å². The van der Waals surface area contributed by atoms with Gasteiger partial charge in [0.15, 0.2) is 5.13 Å². The normalized spacial score (nSPS) is 12.2. The maximum absolute atomic E-state index is 13.4. The van der Waals surface area contributed by atoms with Gasteiger partial charge in [-0.25, -0.2) is 4.98 Å². The second kappa shape index (κ2) is 14.4. The van der Waals surface area contributed by atoms with E-state index in [0.717, 1.165) is 26.2 Å². The molecule has 1 aromatic heterocycles. The fourth-order valence-electron chi connectivity index (χ4n) is 4.45. The van der Waals surface area contributed by atoms with Gasteiger partial charge in [0.2, 0.25) is 5.91 Å². The van der Waals surface area contributed by atoms with E-state index >= 15 is 0 Å². The number of thioether (sulfide) groups is 1. The molecule has 228 valence electrons. The second-order valence-corrected chi connectivity index (χ2v) is 13.4. The van der Waals surface area contributed by atoms with Gasteiger partial charge < -0.3 is 16.0 Å². The summed E-state index contributed by atoms with van der Waals surface area (Å²) in [6.45, 7) is 8.11. The molecule has 4 aromatic carbocycles. The van der Waals surface area contributed by atoms with Crippen molar-refractivity contribution in [3.63, 3.8) is 0 Å². The Bertz CT molecular complexity index is 1850. The number of rotatable bonds is 10. The summed E-state index contributed by atoms with van der Waals surface area (Å²) in [5.74, 6) is -0.592. The van der Waals surface area contributed by atoms with Crippen LogP contribution < -0.4 is 16.0 Å².